The fourth-order valence-electron chi connectivity index (χ4n) is 2.91. The number of rotatable bonds is 6. The quantitative estimate of drug-likeness (QED) is 0.813. The Morgan fingerprint density at radius 1 is 1.15 bits per heavy atom. The molecule has 2 unspecified atom stereocenters. The molecule has 3 rings (SSSR count). The van der Waals surface area contributed by atoms with Gasteiger partial charge in [-0.3, -0.25) is 9.10 Å². The molecule has 0 fully saturated rings. The van der Waals surface area contributed by atoms with E-state index in [0.717, 1.165) is 10.6 Å². The number of ether oxygens (including phenoxy) is 2. The summed E-state index contributed by atoms with van der Waals surface area (Å²) in [5, 5.41) is 2.76. The van der Waals surface area contributed by atoms with Crippen LogP contribution in [0.1, 0.15) is 6.92 Å². The summed E-state index contributed by atoms with van der Waals surface area (Å²) in [4.78, 5) is 12.6. The molecule has 0 saturated heterocycles. The molecule has 0 bridgehead atoms. The second-order valence-electron chi connectivity index (χ2n) is 6.31. The monoisotopic (exact) mass is 390 g/mol. The minimum Gasteiger partial charge on any atom is -0.486 e. The topological polar surface area (TPSA) is 84.9 Å². The lowest BCUT2D eigenvalue weighted by Gasteiger charge is -2.30. The number of anilines is 1. The van der Waals surface area contributed by atoms with Crippen molar-refractivity contribution in [3.05, 3.63) is 54.6 Å². The molecular weight excluding hydrogens is 368 g/mol. The lowest BCUT2D eigenvalue weighted by molar-refractivity contribution is -0.122. The summed E-state index contributed by atoms with van der Waals surface area (Å²) < 4.78 is 37.0. The number of nitrogens with one attached hydrogen (secondary N) is 1. The van der Waals surface area contributed by atoms with E-state index in [0.29, 0.717) is 23.8 Å². The molecule has 1 N–H and O–H groups in total. The Labute approximate surface area is 158 Å². The molecular formula is C19H22N2O5S. The van der Waals surface area contributed by atoms with Crippen molar-refractivity contribution in [3.63, 3.8) is 0 Å². The van der Waals surface area contributed by atoms with E-state index in [2.05, 4.69) is 5.32 Å². The molecule has 2 aromatic rings. The highest BCUT2D eigenvalue weighted by Crippen LogP contribution is 2.30. The van der Waals surface area contributed by atoms with Crippen LogP contribution in [0.3, 0.4) is 0 Å². The Balaban J connectivity index is 1.65. The van der Waals surface area contributed by atoms with Crippen LogP contribution in [0.4, 0.5) is 5.69 Å². The SMILES string of the molecule is CC(C(=O)NCC1COc2ccccc2O1)N(c1ccccc1)S(C)(=O)=O. The summed E-state index contributed by atoms with van der Waals surface area (Å²) in [6.45, 7) is 2.07. The van der Waals surface area contributed by atoms with E-state index < -0.39 is 22.0 Å². The van der Waals surface area contributed by atoms with Gasteiger partial charge in [0.2, 0.25) is 15.9 Å². The van der Waals surface area contributed by atoms with Gasteiger partial charge in [-0.05, 0) is 31.2 Å². The van der Waals surface area contributed by atoms with Gasteiger partial charge in [0.1, 0.15) is 18.8 Å². The molecule has 27 heavy (non-hydrogen) atoms. The molecule has 7 nitrogen and oxygen atoms in total. The highest BCUT2D eigenvalue weighted by Gasteiger charge is 2.30. The second kappa shape index (κ2) is 7.87. The van der Waals surface area contributed by atoms with E-state index in [4.69, 9.17) is 9.47 Å². The van der Waals surface area contributed by atoms with Gasteiger partial charge in [0.05, 0.1) is 18.5 Å². The van der Waals surface area contributed by atoms with E-state index in [-0.39, 0.29) is 12.6 Å². The van der Waals surface area contributed by atoms with Crippen LogP contribution < -0.4 is 19.1 Å². The van der Waals surface area contributed by atoms with Crippen LogP contribution in [0.15, 0.2) is 54.6 Å². The first-order valence-corrected chi connectivity index (χ1v) is 10.4. The largest absolute Gasteiger partial charge is 0.486 e. The minimum absolute atomic E-state index is 0.212. The van der Waals surface area contributed by atoms with Gasteiger partial charge in [0.25, 0.3) is 0 Å². The van der Waals surface area contributed by atoms with Gasteiger partial charge in [-0.1, -0.05) is 30.3 Å². The Morgan fingerprint density at radius 2 is 1.78 bits per heavy atom. The first-order chi connectivity index (χ1) is 12.9. The lowest BCUT2D eigenvalue weighted by Crippen LogP contribution is -2.50. The Hall–Kier alpha value is -2.74. The zero-order chi connectivity index (χ0) is 19.4. The highest BCUT2D eigenvalue weighted by atomic mass is 32.2. The predicted molar refractivity (Wildman–Crippen MR) is 103 cm³/mol. The number of nitrogens with zero attached hydrogens (tertiary/aromatic N) is 1. The first-order valence-electron chi connectivity index (χ1n) is 8.57. The molecule has 1 aliphatic rings. The van der Waals surface area contributed by atoms with Crippen LogP contribution in [0, 0.1) is 0 Å². The first kappa shape index (κ1) is 19.0. The molecule has 1 heterocycles. The summed E-state index contributed by atoms with van der Waals surface area (Å²) >= 11 is 0. The number of fused-ring (bicyclic) bond motifs is 1. The van der Waals surface area contributed by atoms with Crippen molar-refractivity contribution in [1.29, 1.82) is 0 Å². The molecule has 0 saturated carbocycles. The number of para-hydroxylation sites is 3. The number of hydrogen-bond donors (Lipinski definition) is 1. The van der Waals surface area contributed by atoms with E-state index in [1.165, 1.54) is 0 Å². The molecule has 2 aromatic carbocycles. The van der Waals surface area contributed by atoms with E-state index in [1.54, 1.807) is 43.3 Å². The molecule has 2 atom stereocenters. The summed E-state index contributed by atoms with van der Waals surface area (Å²) in [5.74, 6) is 0.880. The molecule has 0 aliphatic carbocycles. The Bertz CT molecular complexity index is 901. The number of carbonyl (C=O) groups excluding carboxylic acids is 1. The van der Waals surface area contributed by atoms with Crippen LogP contribution in [-0.2, 0) is 14.8 Å². The number of amides is 1. The number of sulfonamides is 1. The number of benzene rings is 2. The molecule has 0 radical (unpaired) electrons. The molecule has 0 aromatic heterocycles. The van der Waals surface area contributed by atoms with Crippen LogP contribution in [0.25, 0.3) is 0 Å². The molecule has 0 spiro atoms. The van der Waals surface area contributed by atoms with Gasteiger partial charge < -0.3 is 14.8 Å². The van der Waals surface area contributed by atoms with Gasteiger partial charge in [-0.2, -0.15) is 0 Å². The maximum atomic E-state index is 12.6. The highest BCUT2D eigenvalue weighted by molar-refractivity contribution is 7.92. The minimum atomic E-state index is -3.63. The van der Waals surface area contributed by atoms with Crippen molar-refractivity contribution < 1.29 is 22.7 Å². The van der Waals surface area contributed by atoms with Crippen LogP contribution in [0.5, 0.6) is 11.5 Å². The third kappa shape index (κ3) is 4.51. The van der Waals surface area contributed by atoms with E-state index >= 15 is 0 Å². The van der Waals surface area contributed by atoms with Crippen LogP contribution in [0.2, 0.25) is 0 Å². The maximum Gasteiger partial charge on any atom is 0.243 e. The van der Waals surface area contributed by atoms with Crippen LogP contribution >= 0.6 is 0 Å². The maximum absolute atomic E-state index is 12.6. The summed E-state index contributed by atoms with van der Waals surface area (Å²) in [7, 11) is -3.63. The van der Waals surface area contributed by atoms with Gasteiger partial charge in [0.15, 0.2) is 11.5 Å². The molecule has 1 amide bonds. The standard InChI is InChI=1S/C19H22N2O5S/c1-14(21(27(2,23)24)15-8-4-3-5-9-15)19(22)20-12-16-13-25-17-10-6-7-11-18(17)26-16/h3-11,14,16H,12-13H2,1-2H3,(H,20,22). The van der Waals surface area contributed by atoms with Crippen LogP contribution in [-0.4, -0.2) is 45.9 Å². The molecule has 144 valence electrons. The van der Waals surface area contributed by atoms with Crippen molar-refractivity contribution >= 4 is 21.6 Å². The Morgan fingerprint density at radius 3 is 2.44 bits per heavy atom. The van der Waals surface area contributed by atoms with Crippen molar-refractivity contribution in [1.82, 2.24) is 5.32 Å². The van der Waals surface area contributed by atoms with E-state index in [9.17, 15) is 13.2 Å². The fraction of sp³-hybridized carbons (Fsp3) is 0.316. The average Bonchev–Trinajstić information content (AvgIpc) is 2.65. The smallest absolute Gasteiger partial charge is 0.243 e. The number of hydrogen-bond acceptors (Lipinski definition) is 5. The summed E-state index contributed by atoms with van der Waals surface area (Å²) in [6, 6.07) is 14.9. The van der Waals surface area contributed by atoms with Crippen molar-refractivity contribution in [2.75, 3.05) is 23.7 Å². The zero-order valence-corrected chi connectivity index (χ0v) is 16.0. The van der Waals surface area contributed by atoms with Gasteiger partial charge in [-0.25, -0.2) is 8.42 Å². The summed E-state index contributed by atoms with van der Waals surface area (Å²) in [5.41, 5.74) is 0.439. The molecule has 8 heteroatoms. The van der Waals surface area contributed by atoms with Crippen molar-refractivity contribution in [2.45, 2.75) is 19.1 Å². The van der Waals surface area contributed by atoms with E-state index in [1.807, 2.05) is 18.2 Å². The van der Waals surface area contributed by atoms with Gasteiger partial charge in [0, 0.05) is 0 Å². The average molecular weight is 390 g/mol. The van der Waals surface area contributed by atoms with Crippen molar-refractivity contribution in [2.24, 2.45) is 0 Å². The zero-order valence-electron chi connectivity index (χ0n) is 15.2. The number of carbonyl (C=O) groups is 1. The lowest BCUT2D eigenvalue weighted by atomic mass is 10.2. The van der Waals surface area contributed by atoms with Gasteiger partial charge >= 0.3 is 0 Å². The summed E-state index contributed by atoms with van der Waals surface area (Å²) in [6.07, 6.45) is 0.734. The molecule has 1 aliphatic heterocycles. The predicted octanol–water partition coefficient (Wildman–Crippen LogP) is 1.80. The third-order valence-corrected chi connectivity index (χ3v) is 5.41. The Kier molecular flexibility index (Phi) is 5.55. The third-order valence-electron chi connectivity index (χ3n) is 4.17. The van der Waals surface area contributed by atoms with Crippen molar-refractivity contribution in [3.8, 4) is 11.5 Å². The second-order valence-corrected chi connectivity index (χ2v) is 8.17. The fourth-order valence-corrected chi connectivity index (χ4v) is 4.08. The normalized spacial score (nSPS) is 17.0. The van der Waals surface area contributed by atoms with Gasteiger partial charge in [-0.15, -0.1) is 0 Å².